The summed E-state index contributed by atoms with van der Waals surface area (Å²) in [5.74, 6) is 0.151. The minimum Gasteiger partial charge on any atom is -0.497 e. The van der Waals surface area contributed by atoms with Crippen molar-refractivity contribution in [2.75, 3.05) is 20.8 Å². The van der Waals surface area contributed by atoms with E-state index in [1.54, 1.807) is 32.5 Å². The third-order valence-corrected chi connectivity index (χ3v) is 4.02. The van der Waals surface area contributed by atoms with Crippen molar-refractivity contribution < 1.29 is 14.3 Å². The van der Waals surface area contributed by atoms with Crippen LogP contribution in [0.3, 0.4) is 0 Å². The molecule has 0 radical (unpaired) electrons. The molecule has 1 aromatic carbocycles. The first kappa shape index (κ1) is 18.5. The van der Waals surface area contributed by atoms with Crippen molar-refractivity contribution >= 4 is 17.1 Å². The summed E-state index contributed by atoms with van der Waals surface area (Å²) in [5.41, 5.74) is 1.07. The fraction of sp³-hybridized carbons (Fsp3) is 0.263. The van der Waals surface area contributed by atoms with Crippen LogP contribution in [0, 0.1) is 0 Å². The lowest BCUT2D eigenvalue weighted by Crippen LogP contribution is -2.35. The molecule has 0 atom stereocenters. The van der Waals surface area contributed by atoms with Gasteiger partial charge in [-0.1, -0.05) is 12.1 Å². The Kier molecular flexibility index (Phi) is 5.77. The predicted octanol–water partition coefficient (Wildman–Crippen LogP) is 1.38. The smallest absolute Gasteiger partial charge is 0.283 e. The molecule has 0 unspecified atom stereocenters. The summed E-state index contributed by atoms with van der Waals surface area (Å²) < 4.78 is 11.6. The van der Waals surface area contributed by atoms with Gasteiger partial charge >= 0.3 is 0 Å². The topological polar surface area (TPSA) is 95.3 Å². The summed E-state index contributed by atoms with van der Waals surface area (Å²) in [6.07, 6.45) is 1.58. The number of hydrogen-bond donors (Lipinski definition) is 1. The Bertz CT molecular complexity index is 1020. The first-order valence-electron chi connectivity index (χ1n) is 8.39. The van der Waals surface area contributed by atoms with Gasteiger partial charge in [0, 0.05) is 19.9 Å². The Morgan fingerprint density at radius 3 is 2.85 bits per heavy atom. The van der Waals surface area contributed by atoms with E-state index in [2.05, 4.69) is 15.3 Å². The maximum Gasteiger partial charge on any atom is 0.283 e. The van der Waals surface area contributed by atoms with Gasteiger partial charge in [0.15, 0.2) is 11.3 Å². The van der Waals surface area contributed by atoms with E-state index in [0.29, 0.717) is 23.5 Å². The van der Waals surface area contributed by atoms with Crippen LogP contribution in [0.4, 0.5) is 0 Å². The SMILES string of the molecule is COCCn1c(=O)c(C(=O)NCc2cccc(OC)c2)nc2cccnc21. The van der Waals surface area contributed by atoms with Gasteiger partial charge in [-0.3, -0.25) is 14.2 Å². The molecule has 0 aliphatic rings. The summed E-state index contributed by atoms with van der Waals surface area (Å²) >= 11 is 0. The van der Waals surface area contributed by atoms with Gasteiger partial charge in [0.1, 0.15) is 11.3 Å². The van der Waals surface area contributed by atoms with Crippen molar-refractivity contribution in [2.24, 2.45) is 0 Å². The van der Waals surface area contributed by atoms with Gasteiger partial charge in [-0.25, -0.2) is 9.97 Å². The van der Waals surface area contributed by atoms with Crippen LogP contribution < -0.4 is 15.6 Å². The van der Waals surface area contributed by atoms with Gasteiger partial charge in [0.05, 0.1) is 20.3 Å². The minimum absolute atomic E-state index is 0.172. The zero-order chi connectivity index (χ0) is 19.2. The van der Waals surface area contributed by atoms with Crippen molar-refractivity contribution in [2.45, 2.75) is 13.1 Å². The number of aromatic nitrogens is 3. The molecule has 0 saturated carbocycles. The zero-order valence-electron chi connectivity index (χ0n) is 15.1. The summed E-state index contributed by atoms with van der Waals surface area (Å²) in [6.45, 7) is 0.849. The standard InChI is InChI=1S/C19H20N4O4/c1-26-10-9-23-17-15(7-4-8-20-17)22-16(19(23)25)18(24)21-12-13-5-3-6-14(11-13)27-2/h3-8,11H,9-10,12H2,1-2H3,(H,21,24). The monoisotopic (exact) mass is 368 g/mol. The molecule has 27 heavy (non-hydrogen) atoms. The highest BCUT2D eigenvalue weighted by Crippen LogP contribution is 2.12. The number of nitrogens with zero attached hydrogens (tertiary/aromatic N) is 3. The molecule has 2 heterocycles. The lowest BCUT2D eigenvalue weighted by molar-refractivity contribution is 0.0943. The van der Waals surface area contributed by atoms with Crippen LogP contribution in [0.2, 0.25) is 0 Å². The molecule has 3 aromatic rings. The van der Waals surface area contributed by atoms with E-state index >= 15 is 0 Å². The number of rotatable bonds is 7. The molecule has 0 bridgehead atoms. The van der Waals surface area contributed by atoms with Crippen LogP contribution in [-0.2, 0) is 17.8 Å². The quantitative estimate of drug-likeness (QED) is 0.677. The molecule has 2 aromatic heterocycles. The molecule has 0 aliphatic heterocycles. The van der Waals surface area contributed by atoms with Crippen molar-refractivity contribution in [3.05, 3.63) is 64.2 Å². The number of amides is 1. The van der Waals surface area contributed by atoms with E-state index < -0.39 is 11.5 Å². The van der Waals surface area contributed by atoms with Gasteiger partial charge in [-0.15, -0.1) is 0 Å². The van der Waals surface area contributed by atoms with Crippen LogP contribution >= 0.6 is 0 Å². The molecule has 0 fully saturated rings. The lowest BCUT2D eigenvalue weighted by Gasteiger charge is -2.11. The molecule has 1 N–H and O–H groups in total. The van der Waals surface area contributed by atoms with E-state index in [9.17, 15) is 9.59 Å². The van der Waals surface area contributed by atoms with Crippen molar-refractivity contribution in [3.8, 4) is 5.75 Å². The van der Waals surface area contributed by atoms with Crippen LogP contribution in [0.1, 0.15) is 16.1 Å². The number of benzene rings is 1. The van der Waals surface area contributed by atoms with E-state index in [1.807, 2.05) is 24.3 Å². The summed E-state index contributed by atoms with van der Waals surface area (Å²) in [6, 6.07) is 10.7. The van der Waals surface area contributed by atoms with E-state index in [-0.39, 0.29) is 18.8 Å². The Morgan fingerprint density at radius 2 is 2.07 bits per heavy atom. The maximum absolute atomic E-state index is 12.8. The number of carbonyl (C=O) groups is 1. The Labute approximate surface area is 155 Å². The highest BCUT2D eigenvalue weighted by atomic mass is 16.5. The fourth-order valence-corrected chi connectivity index (χ4v) is 2.66. The third-order valence-electron chi connectivity index (χ3n) is 4.02. The molecule has 0 saturated heterocycles. The van der Waals surface area contributed by atoms with Crippen LogP contribution in [0.15, 0.2) is 47.4 Å². The first-order chi connectivity index (χ1) is 13.1. The van der Waals surface area contributed by atoms with Crippen molar-refractivity contribution in [1.82, 2.24) is 19.9 Å². The van der Waals surface area contributed by atoms with Gasteiger partial charge in [0.25, 0.3) is 11.5 Å². The minimum atomic E-state index is -0.542. The molecule has 0 spiro atoms. The molecule has 1 amide bonds. The molecule has 8 nitrogen and oxygen atoms in total. The summed E-state index contributed by atoms with van der Waals surface area (Å²) in [5, 5.41) is 2.73. The molecule has 140 valence electrons. The number of hydrogen-bond acceptors (Lipinski definition) is 6. The van der Waals surface area contributed by atoms with Crippen molar-refractivity contribution in [3.63, 3.8) is 0 Å². The number of pyridine rings is 1. The molecular formula is C19H20N4O4. The second kappa shape index (κ2) is 8.41. The van der Waals surface area contributed by atoms with Gasteiger partial charge in [-0.05, 0) is 29.8 Å². The predicted molar refractivity (Wildman–Crippen MR) is 99.8 cm³/mol. The normalized spacial score (nSPS) is 10.7. The number of methoxy groups -OCH3 is 2. The molecular weight excluding hydrogens is 348 g/mol. The van der Waals surface area contributed by atoms with Crippen LogP contribution in [0.5, 0.6) is 5.75 Å². The number of ether oxygens (including phenoxy) is 2. The Morgan fingerprint density at radius 1 is 1.22 bits per heavy atom. The second-order valence-corrected chi connectivity index (χ2v) is 5.79. The highest BCUT2D eigenvalue weighted by molar-refractivity contribution is 5.93. The highest BCUT2D eigenvalue weighted by Gasteiger charge is 2.18. The molecule has 3 rings (SSSR count). The zero-order valence-corrected chi connectivity index (χ0v) is 15.1. The van der Waals surface area contributed by atoms with E-state index in [4.69, 9.17) is 9.47 Å². The number of fused-ring (bicyclic) bond motifs is 1. The van der Waals surface area contributed by atoms with Gasteiger partial charge < -0.3 is 14.8 Å². The van der Waals surface area contributed by atoms with E-state index in [1.165, 1.54) is 4.57 Å². The van der Waals surface area contributed by atoms with E-state index in [0.717, 1.165) is 5.56 Å². The fourth-order valence-electron chi connectivity index (χ4n) is 2.66. The maximum atomic E-state index is 12.8. The summed E-state index contributed by atoms with van der Waals surface area (Å²) in [7, 11) is 3.12. The third kappa shape index (κ3) is 4.12. The average Bonchev–Trinajstić information content (AvgIpc) is 2.71. The summed E-state index contributed by atoms with van der Waals surface area (Å²) in [4.78, 5) is 33.8. The van der Waals surface area contributed by atoms with Crippen LogP contribution in [-0.4, -0.2) is 41.3 Å². The van der Waals surface area contributed by atoms with Gasteiger partial charge in [-0.2, -0.15) is 0 Å². The molecule has 0 aliphatic carbocycles. The first-order valence-corrected chi connectivity index (χ1v) is 8.39. The number of carbonyl (C=O) groups excluding carboxylic acids is 1. The second-order valence-electron chi connectivity index (χ2n) is 5.79. The Hall–Kier alpha value is -3.26. The largest absolute Gasteiger partial charge is 0.497 e. The lowest BCUT2D eigenvalue weighted by atomic mass is 10.2. The number of nitrogens with one attached hydrogen (secondary N) is 1. The van der Waals surface area contributed by atoms with Crippen molar-refractivity contribution in [1.29, 1.82) is 0 Å². The van der Waals surface area contributed by atoms with Crippen LogP contribution in [0.25, 0.3) is 11.2 Å². The average molecular weight is 368 g/mol. The van der Waals surface area contributed by atoms with Gasteiger partial charge in [0.2, 0.25) is 0 Å². The Balaban J connectivity index is 1.89. The molecule has 8 heteroatoms.